The predicted molar refractivity (Wildman–Crippen MR) is 121 cm³/mol. The topological polar surface area (TPSA) is 41.5 Å². The van der Waals surface area contributed by atoms with Gasteiger partial charge in [0.05, 0.1) is 18.8 Å². The Morgan fingerprint density at radius 3 is 2.83 bits per heavy atom. The van der Waals surface area contributed by atoms with Gasteiger partial charge in [0.25, 0.3) is 0 Å². The summed E-state index contributed by atoms with van der Waals surface area (Å²) in [5.74, 6) is 3.54. The van der Waals surface area contributed by atoms with Gasteiger partial charge in [-0.2, -0.15) is 0 Å². The first-order chi connectivity index (χ1) is 14.5. The standard InChI is InChI=1S/C26H30ClNO2/c1-26-10-3-4-19(26)16-7-5-14-12-21(30-2)25-23(22(14)17(16)9-11-26)24(28-25)18-13-15(27)6-8-20(18)29/h6,8,12-13,16-17,19,24,28-29H,3-5,7,9-11H2,1-2H3/t16-,17+,19+,24?,26+/m1/s1. The van der Waals surface area contributed by atoms with Gasteiger partial charge < -0.3 is 15.2 Å². The molecule has 158 valence electrons. The van der Waals surface area contributed by atoms with Crippen LogP contribution in [0.15, 0.2) is 24.3 Å². The highest BCUT2D eigenvalue weighted by Crippen LogP contribution is 2.64. The Morgan fingerprint density at radius 2 is 2.00 bits per heavy atom. The largest absolute Gasteiger partial charge is 0.508 e. The zero-order chi connectivity index (χ0) is 20.6. The van der Waals surface area contributed by atoms with Crippen molar-refractivity contribution in [1.82, 2.24) is 0 Å². The van der Waals surface area contributed by atoms with Gasteiger partial charge >= 0.3 is 0 Å². The lowest BCUT2D eigenvalue weighted by Gasteiger charge is -2.51. The van der Waals surface area contributed by atoms with E-state index in [0.717, 1.165) is 35.3 Å². The van der Waals surface area contributed by atoms with Crippen LogP contribution in [0.25, 0.3) is 0 Å². The SMILES string of the molecule is COc1cc2c(c3c1NC3c1cc(Cl)ccc1O)[C@H]1CC[C@]3(C)CCC[C@H]3[C@@H]1CC2. The average molecular weight is 424 g/mol. The molecule has 2 saturated carbocycles. The van der Waals surface area contributed by atoms with Crippen LogP contribution in [0.5, 0.6) is 11.5 Å². The van der Waals surface area contributed by atoms with Crippen molar-refractivity contribution in [2.75, 3.05) is 12.4 Å². The molecule has 4 heteroatoms. The van der Waals surface area contributed by atoms with Crippen molar-refractivity contribution in [3.63, 3.8) is 0 Å². The van der Waals surface area contributed by atoms with Crippen molar-refractivity contribution in [3.8, 4) is 11.5 Å². The molecular formula is C26H30ClNO2. The first-order valence-corrected chi connectivity index (χ1v) is 11.9. The lowest BCUT2D eigenvalue weighted by atomic mass is 9.55. The molecule has 0 radical (unpaired) electrons. The van der Waals surface area contributed by atoms with E-state index in [4.69, 9.17) is 16.3 Å². The van der Waals surface area contributed by atoms with Crippen molar-refractivity contribution in [2.24, 2.45) is 17.3 Å². The van der Waals surface area contributed by atoms with Gasteiger partial charge in [-0.15, -0.1) is 0 Å². The van der Waals surface area contributed by atoms with E-state index in [0.29, 0.717) is 22.1 Å². The lowest BCUT2D eigenvalue weighted by molar-refractivity contribution is 0.0593. The number of hydrogen-bond acceptors (Lipinski definition) is 3. The van der Waals surface area contributed by atoms with Crippen LogP contribution in [0.3, 0.4) is 0 Å². The van der Waals surface area contributed by atoms with Crippen LogP contribution in [-0.2, 0) is 6.42 Å². The normalized spacial score (nSPS) is 33.4. The molecule has 30 heavy (non-hydrogen) atoms. The maximum atomic E-state index is 10.6. The second kappa shape index (κ2) is 6.56. The van der Waals surface area contributed by atoms with Gasteiger partial charge in [-0.1, -0.05) is 24.9 Å². The Balaban J connectivity index is 1.49. The minimum Gasteiger partial charge on any atom is -0.508 e. The third-order valence-corrected chi connectivity index (χ3v) is 9.13. The highest BCUT2D eigenvalue weighted by atomic mass is 35.5. The number of aryl methyl sites for hydroxylation is 1. The molecular weight excluding hydrogens is 394 g/mol. The summed E-state index contributed by atoms with van der Waals surface area (Å²) in [5, 5.41) is 14.8. The first kappa shape index (κ1) is 18.9. The number of phenols is 1. The molecule has 1 aliphatic heterocycles. The van der Waals surface area contributed by atoms with Crippen molar-refractivity contribution in [2.45, 2.75) is 63.8 Å². The van der Waals surface area contributed by atoms with Crippen LogP contribution in [0.2, 0.25) is 5.02 Å². The second-order valence-corrected chi connectivity index (χ2v) is 10.7. The second-order valence-electron chi connectivity index (χ2n) is 10.2. The molecule has 5 atom stereocenters. The minimum absolute atomic E-state index is 0.0156. The Labute approximate surface area is 183 Å². The van der Waals surface area contributed by atoms with Crippen molar-refractivity contribution >= 4 is 17.3 Å². The van der Waals surface area contributed by atoms with E-state index in [-0.39, 0.29) is 6.04 Å². The van der Waals surface area contributed by atoms with E-state index in [1.54, 1.807) is 24.8 Å². The number of phenolic OH excluding ortho intramolecular Hbond substituents is 1. The van der Waals surface area contributed by atoms with Gasteiger partial charge in [0.15, 0.2) is 0 Å². The smallest absolute Gasteiger partial charge is 0.142 e. The summed E-state index contributed by atoms with van der Waals surface area (Å²) >= 11 is 6.29. The van der Waals surface area contributed by atoms with E-state index in [1.165, 1.54) is 49.7 Å². The van der Waals surface area contributed by atoms with Crippen molar-refractivity contribution < 1.29 is 9.84 Å². The van der Waals surface area contributed by atoms with Gasteiger partial charge in [-0.05, 0) is 97.1 Å². The van der Waals surface area contributed by atoms with E-state index < -0.39 is 0 Å². The molecule has 1 unspecified atom stereocenters. The van der Waals surface area contributed by atoms with E-state index >= 15 is 0 Å². The fourth-order valence-electron chi connectivity index (χ4n) is 7.50. The molecule has 3 nitrogen and oxygen atoms in total. The molecule has 1 heterocycles. The van der Waals surface area contributed by atoms with Gasteiger partial charge in [0.1, 0.15) is 11.5 Å². The Kier molecular flexibility index (Phi) is 4.13. The van der Waals surface area contributed by atoms with Gasteiger partial charge in [-0.3, -0.25) is 0 Å². The third kappa shape index (κ3) is 2.51. The fraction of sp³-hybridized carbons (Fsp3) is 0.538. The maximum Gasteiger partial charge on any atom is 0.142 e. The minimum atomic E-state index is -0.0156. The molecule has 0 bridgehead atoms. The van der Waals surface area contributed by atoms with E-state index in [9.17, 15) is 5.11 Å². The van der Waals surface area contributed by atoms with E-state index in [2.05, 4.69) is 18.3 Å². The molecule has 2 aromatic rings. The molecule has 6 rings (SSSR count). The van der Waals surface area contributed by atoms with Gasteiger partial charge in [0, 0.05) is 16.1 Å². The quantitative estimate of drug-likeness (QED) is 0.557. The van der Waals surface area contributed by atoms with Crippen molar-refractivity contribution in [3.05, 3.63) is 51.5 Å². The summed E-state index contributed by atoms with van der Waals surface area (Å²) in [6.07, 6.45) is 9.30. The van der Waals surface area contributed by atoms with Crippen LogP contribution < -0.4 is 10.1 Å². The molecule has 0 amide bonds. The summed E-state index contributed by atoms with van der Waals surface area (Å²) in [6.45, 7) is 2.55. The highest BCUT2D eigenvalue weighted by Gasteiger charge is 2.52. The summed E-state index contributed by atoms with van der Waals surface area (Å²) < 4.78 is 5.75. The number of fused-ring (bicyclic) bond motifs is 7. The number of rotatable bonds is 2. The molecule has 3 aliphatic carbocycles. The predicted octanol–water partition coefficient (Wildman–Crippen LogP) is 6.82. The van der Waals surface area contributed by atoms with Crippen LogP contribution in [0, 0.1) is 17.3 Å². The maximum absolute atomic E-state index is 10.6. The Bertz CT molecular complexity index is 1030. The lowest BCUT2D eigenvalue weighted by Crippen LogP contribution is -2.41. The first-order valence-electron chi connectivity index (χ1n) is 11.5. The number of benzene rings is 2. The van der Waals surface area contributed by atoms with E-state index in [1.807, 2.05) is 6.07 Å². The van der Waals surface area contributed by atoms with Crippen LogP contribution >= 0.6 is 11.6 Å². The van der Waals surface area contributed by atoms with Gasteiger partial charge in [0.2, 0.25) is 0 Å². The summed E-state index contributed by atoms with van der Waals surface area (Å²) in [7, 11) is 1.75. The number of aromatic hydroxyl groups is 1. The zero-order valence-corrected chi connectivity index (χ0v) is 18.6. The van der Waals surface area contributed by atoms with Gasteiger partial charge in [-0.25, -0.2) is 0 Å². The molecule has 2 fully saturated rings. The van der Waals surface area contributed by atoms with Crippen LogP contribution in [-0.4, -0.2) is 12.2 Å². The van der Waals surface area contributed by atoms with Crippen LogP contribution in [0.4, 0.5) is 5.69 Å². The third-order valence-electron chi connectivity index (χ3n) is 8.89. The number of ether oxygens (including phenoxy) is 1. The zero-order valence-electron chi connectivity index (χ0n) is 17.8. The molecule has 2 aromatic carbocycles. The Hall–Kier alpha value is -1.87. The number of halogens is 1. The summed E-state index contributed by atoms with van der Waals surface area (Å²) in [5.41, 5.74) is 6.90. The average Bonchev–Trinajstić information content (AvgIpc) is 3.12. The molecule has 0 spiro atoms. The monoisotopic (exact) mass is 423 g/mol. The molecule has 2 N–H and O–H groups in total. The number of nitrogens with one attached hydrogen (secondary N) is 1. The molecule has 0 saturated heterocycles. The molecule has 0 aromatic heterocycles. The van der Waals surface area contributed by atoms with Crippen molar-refractivity contribution in [1.29, 1.82) is 0 Å². The highest BCUT2D eigenvalue weighted by molar-refractivity contribution is 6.30. The Morgan fingerprint density at radius 1 is 1.13 bits per heavy atom. The fourth-order valence-corrected chi connectivity index (χ4v) is 7.68. The summed E-state index contributed by atoms with van der Waals surface area (Å²) in [4.78, 5) is 0. The molecule has 4 aliphatic rings. The summed E-state index contributed by atoms with van der Waals surface area (Å²) in [6, 6.07) is 7.61. The number of methoxy groups -OCH3 is 1. The van der Waals surface area contributed by atoms with Crippen LogP contribution in [0.1, 0.15) is 79.7 Å². The number of anilines is 1. The number of hydrogen-bond donors (Lipinski definition) is 2.